The second-order valence-electron chi connectivity index (χ2n) is 3.38. The van der Waals surface area contributed by atoms with Gasteiger partial charge in [0.05, 0.1) is 5.69 Å². The molecule has 0 aromatic heterocycles. The fraction of sp³-hybridized carbons (Fsp3) is 0.273. The van der Waals surface area contributed by atoms with Crippen molar-refractivity contribution in [2.75, 3.05) is 12.4 Å². The largest absolute Gasteiger partial charge is 0.359 e. The normalized spacial score (nSPS) is 9.69. The molecular weight excluding hydrogens is 211 g/mol. The minimum absolute atomic E-state index is 0.0829. The highest BCUT2D eigenvalue weighted by atomic mass is 19.1. The molecule has 4 nitrogen and oxygen atoms in total. The molecule has 0 saturated carbocycles. The molecule has 0 radical (unpaired) electrons. The number of aryl methyl sites for hydroxylation is 1. The minimum atomic E-state index is -0.540. The van der Waals surface area contributed by atoms with Crippen molar-refractivity contribution in [3.63, 3.8) is 0 Å². The summed E-state index contributed by atoms with van der Waals surface area (Å²) >= 11 is 0. The summed E-state index contributed by atoms with van der Waals surface area (Å²) in [6, 6.07) is 4.46. The fourth-order valence-electron chi connectivity index (χ4n) is 1.15. The summed E-state index contributed by atoms with van der Waals surface area (Å²) in [5.74, 6) is -1.46. The molecule has 5 heteroatoms. The topological polar surface area (TPSA) is 58.2 Å². The van der Waals surface area contributed by atoms with Gasteiger partial charge in [-0.25, -0.2) is 4.39 Å². The summed E-state index contributed by atoms with van der Waals surface area (Å²) in [5.41, 5.74) is 0.848. The van der Waals surface area contributed by atoms with Gasteiger partial charge in [-0.15, -0.1) is 0 Å². The van der Waals surface area contributed by atoms with Gasteiger partial charge in [0.15, 0.2) is 0 Å². The quantitative estimate of drug-likeness (QED) is 0.758. The lowest BCUT2D eigenvalue weighted by Crippen LogP contribution is -2.25. The van der Waals surface area contributed by atoms with E-state index in [2.05, 4.69) is 10.6 Å². The van der Waals surface area contributed by atoms with E-state index < -0.39 is 17.6 Å². The third kappa shape index (κ3) is 3.34. The van der Waals surface area contributed by atoms with Gasteiger partial charge in [-0.05, 0) is 24.6 Å². The number of halogens is 1. The van der Waals surface area contributed by atoms with Gasteiger partial charge in [-0.3, -0.25) is 9.59 Å². The Morgan fingerprint density at radius 3 is 2.56 bits per heavy atom. The molecule has 1 aromatic rings. The van der Waals surface area contributed by atoms with Gasteiger partial charge in [0.2, 0.25) is 11.8 Å². The number of rotatable bonds is 3. The van der Waals surface area contributed by atoms with Crippen LogP contribution in [0.3, 0.4) is 0 Å². The molecule has 2 N–H and O–H groups in total. The van der Waals surface area contributed by atoms with E-state index in [1.807, 2.05) is 0 Å². The Morgan fingerprint density at radius 2 is 2.00 bits per heavy atom. The molecule has 0 atom stereocenters. The summed E-state index contributed by atoms with van der Waals surface area (Å²) in [4.78, 5) is 22.2. The van der Waals surface area contributed by atoms with Crippen molar-refractivity contribution in [2.45, 2.75) is 13.3 Å². The van der Waals surface area contributed by atoms with Gasteiger partial charge in [0.1, 0.15) is 12.2 Å². The molecule has 86 valence electrons. The Kier molecular flexibility index (Phi) is 3.99. The number of amides is 2. The van der Waals surface area contributed by atoms with Crippen LogP contribution in [0.5, 0.6) is 0 Å². The van der Waals surface area contributed by atoms with Crippen LogP contribution in [0.4, 0.5) is 10.1 Å². The van der Waals surface area contributed by atoms with Crippen molar-refractivity contribution in [1.82, 2.24) is 5.32 Å². The second-order valence-corrected chi connectivity index (χ2v) is 3.38. The predicted octanol–water partition coefficient (Wildman–Crippen LogP) is 1.21. The average molecular weight is 224 g/mol. The number of carbonyl (C=O) groups excluding carboxylic acids is 2. The van der Waals surface area contributed by atoms with Crippen LogP contribution in [0.1, 0.15) is 12.0 Å². The Labute approximate surface area is 92.8 Å². The van der Waals surface area contributed by atoms with E-state index in [1.54, 1.807) is 13.0 Å². The van der Waals surface area contributed by atoms with Gasteiger partial charge < -0.3 is 10.6 Å². The Balaban J connectivity index is 2.66. The zero-order chi connectivity index (χ0) is 12.1. The average Bonchev–Trinajstić information content (AvgIpc) is 2.22. The third-order valence-corrected chi connectivity index (χ3v) is 2.00. The lowest BCUT2D eigenvalue weighted by atomic mass is 10.2. The van der Waals surface area contributed by atoms with Crippen molar-refractivity contribution in [1.29, 1.82) is 0 Å². The highest BCUT2D eigenvalue weighted by Crippen LogP contribution is 2.15. The molecule has 0 fully saturated rings. The zero-order valence-electron chi connectivity index (χ0n) is 9.13. The monoisotopic (exact) mass is 224 g/mol. The molecule has 0 unspecified atom stereocenters. The van der Waals surface area contributed by atoms with Crippen LogP contribution in [0.2, 0.25) is 0 Å². The third-order valence-electron chi connectivity index (χ3n) is 2.00. The SMILES string of the molecule is CNC(=O)CC(=O)Nc1ccc(C)cc1F. The van der Waals surface area contributed by atoms with Crippen LogP contribution in [0.25, 0.3) is 0 Å². The molecular formula is C11H13FN2O2. The number of nitrogens with one attached hydrogen (secondary N) is 2. The Bertz CT molecular complexity index is 418. The maximum atomic E-state index is 13.3. The molecule has 16 heavy (non-hydrogen) atoms. The fourth-order valence-corrected chi connectivity index (χ4v) is 1.15. The zero-order valence-corrected chi connectivity index (χ0v) is 9.13. The molecule has 1 rings (SSSR count). The van der Waals surface area contributed by atoms with Crippen LogP contribution in [0, 0.1) is 12.7 Å². The van der Waals surface area contributed by atoms with Gasteiger partial charge in [-0.1, -0.05) is 6.07 Å². The number of hydrogen-bond acceptors (Lipinski definition) is 2. The first-order chi connectivity index (χ1) is 7.52. The lowest BCUT2D eigenvalue weighted by Gasteiger charge is -2.06. The van der Waals surface area contributed by atoms with Gasteiger partial charge in [-0.2, -0.15) is 0 Å². The molecule has 1 aromatic carbocycles. The summed E-state index contributed by atoms with van der Waals surface area (Å²) < 4.78 is 13.3. The first-order valence-electron chi connectivity index (χ1n) is 4.79. The van der Waals surface area contributed by atoms with E-state index in [-0.39, 0.29) is 12.1 Å². The van der Waals surface area contributed by atoms with E-state index in [0.717, 1.165) is 5.56 Å². The van der Waals surface area contributed by atoms with Crippen LogP contribution in [-0.2, 0) is 9.59 Å². The van der Waals surface area contributed by atoms with Gasteiger partial charge in [0.25, 0.3) is 0 Å². The number of anilines is 1. The van der Waals surface area contributed by atoms with Crippen molar-refractivity contribution >= 4 is 17.5 Å². The van der Waals surface area contributed by atoms with Crippen molar-refractivity contribution in [3.05, 3.63) is 29.6 Å². The number of benzene rings is 1. The summed E-state index contributed by atoms with van der Waals surface area (Å²) in [6.45, 7) is 1.75. The molecule has 0 aliphatic rings. The highest BCUT2D eigenvalue weighted by molar-refractivity contribution is 6.03. The molecule has 0 aliphatic heterocycles. The highest BCUT2D eigenvalue weighted by Gasteiger charge is 2.10. The predicted molar refractivity (Wildman–Crippen MR) is 58.5 cm³/mol. The smallest absolute Gasteiger partial charge is 0.233 e. The van der Waals surface area contributed by atoms with Crippen LogP contribution < -0.4 is 10.6 Å². The molecule has 0 aliphatic carbocycles. The summed E-state index contributed by atoms with van der Waals surface area (Å²) in [5, 5.41) is 4.64. The maximum absolute atomic E-state index is 13.3. The van der Waals surface area contributed by atoms with Gasteiger partial charge >= 0.3 is 0 Å². The minimum Gasteiger partial charge on any atom is -0.359 e. The number of hydrogen-bond donors (Lipinski definition) is 2. The van der Waals surface area contributed by atoms with Gasteiger partial charge in [0, 0.05) is 7.05 Å². The van der Waals surface area contributed by atoms with Crippen molar-refractivity contribution < 1.29 is 14.0 Å². The van der Waals surface area contributed by atoms with E-state index in [9.17, 15) is 14.0 Å². The van der Waals surface area contributed by atoms with Crippen LogP contribution in [-0.4, -0.2) is 18.9 Å². The Hall–Kier alpha value is -1.91. The van der Waals surface area contributed by atoms with E-state index >= 15 is 0 Å². The first kappa shape index (κ1) is 12.2. The molecule has 0 bridgehead atoms. The van der Waals surface area contributed by atoms with Crippen LogP contribution >= 0.6 is 0 Å². The standard InChI is InChI=1S/C11H13FN2O2/c1-7-3-4-9(8(12)5-7)14-11(16)6-10(15)13-2/h3-5H,6H2,1-2H3,(H,13,15)(H,14,16). The van der Waals surface area contributed by atoms with Crippen LogP contribution in [0.15, 0.2) is 18.2 Å². The van der Waals surface area contributed by atoms with Crippen molar-refractivity contribution in [2.24, 2.45) is 0 Å². The van der Waals surface area contributed by atoms with Crippen molar-refractivity contribution in [3.8, 4) is 0 Å². The molecule has 0 heterocycles. The Morgan fingerprint density at radius 1 is 1.31 bits per heavy atom. The number of carbonyl (C=O) groups is 2. The molecule has 0 spiro atoms. The molecule has 2 amide bonds. The van der Waals surface area contributed by atoms with E-state index in [1.165, 1.54) is 19.2 Å². The second kappa shape index (κ2) is 5.25. The first-order valence-corrected chi connectivity index (χ1v) is 4.79. The molecule has 0 saturated heterocycles. The lowest BCUT2D eigenvalue weighted by molar-refractivity contribution is -0.126. The van der Waals surface area contributed by atoms with E-state index in [4.69, 9.17) is 0 Å². The summed E-state index contributed by atoms with van der Waals surface area (Å²) in [7, 11) is 1.43. The maximum Gasteiger partial charge on any atom is 0.233 e. The van der Waals surface area contributed by atoms with E-state index in [0.29, 0.717) is 0 Å². The summed E-state index contributed by atoms with van der Waals surface area (Å²) in [6.07, 6.45) is -0.316.